The maximum Gasteiger partial charge on any atom is 0.428 e. The number of rotatable bonds is 2. The summed E-state index contributed by atoms with van der Waals surface area (Å²) in [4.78, 5) is 2.60. The number of nitrogens with two attached hydrogens (primary N) is 1. The molecule has 0 spiro atoms. The molecule has 0 bridgehead atoms. The molecule has 6 heteroatoms. The first-order chi connectivity index (χ1) is 7.90. The fourth-order valence-electron chi connectivity index (χ4n) is 1.78. The van der Waals surface area contributed by atoms with Crippen LogP contribution in [-0.4, -0.2) is 17.7 Å². The molecule has 17 heavy (non-hydrogen) atoms. The van der Waals surface area contributed by atoms with Gasteiger partial charge in [0.1, 0.15) is 0 Å². The number of aromatic nitrogens is 1. The first-order valence-corrected chi connectivity index (χ1v) is 4.92. The average Bonchev–Trinajstić information content (AvgIpc) is 2.70. The third-order valence-electron chi connectivity index (χ3n) is 2.75. The lowest BCUT2D eigenvalue weighted by molar-refractivity contribution is -0.231. The Kier molecular flexibility index (Phi) is 2.61. The molecule has 92 valence electrons. The molecule has 1 aromatic heterocycles. The van der Waals surface area contributed by atoms with E-state index < -0.39 is 24.0 Å². The van der Waals surface area contributed by atoms with Crippen LogP contribution in [0.4, 0.5) is 17.6 Å². The molecule has 0 fully saturated rings. The van der Waals surface area contributed by atoms with Gasteiger partial charge in [-0.25, -0.2) is 4.39 Å². The molecule has 2 rings (SSSR count). The van der Waals surface area contributed by atoms with Crippen LogP contribution < -0.4 is 5.73 Å². The Morgan fingerprint density at radius 1 is 1.12 bits per heavy atom. The number of halogens is 4. The molecule has 0 aliphatic carbocycles. The topological polar surface area (TPSA) is 41.8 Å². The van der Waals surface area contributed by atoms with Crippen LogP contribution >= 0.6 is 0 Å². The molecule has 1 aromatic carbocycles. The smallest absolute Gasteiger partial charge is 0.361 e. The fraction of sp³-hybridized carbons (Fsp3) is 0.273. The van der Waals surface area contributed by atoms with Gasteiger partial charge in [0, 0.05) is 29.2 Å². The third kappa shape index (κ3) is 1.68. The summed E-state index contributed by atoms with van der Waals surface area (Å²) in [6, 6.07) is 6.20. The van der Waals surface area contributed by atoms with E-state index in [0.717, 1.165) is 6.20 Å². The third-order valence-corrected chi connectivity index (χ3v) is 2.75. The number of para-hydroxylation sites is 1. The highest BCUT2D eigenvalue weighted by atomic mass is 19.4. The normalized spacial score (nSPS) is 16.1. The van der Waals surface area contributed by atoms with Gasteiger partial charge >= 0.3 is 6.18 Å². The lowest BCUT2D eigenvalue weighted by Crippen LogP contribution is -2.44. The van der Waals surface area contributed by atoms with Gasteiger partial charge in [-0.3, -0.25) is 0 Å². The van der Waals surface area contributed by atoms with Crippen LogP contribution in [0, 0.1) is 0 Å². The van der Waals surface area contributed by atoms with E-state index in [1.54, 1.807) is 18.2 Å². The van der Waals surface area contributed by atoms with Gasteiger partial charge in [0.2, 0.25) is 5.67 Å². The molecular formula is C11H10F4N2. The van der Waals surface area contributed by atoms with Crippen LogP contribution in [0.1, 0.15) is 5.56 Å². The minimum atomic E-state index is -5.04. The van der Waals surface area contributed by atoms with Gasteiger partial charge in [-0.2, -0.15) is 13.2 Å². The minimum absolute atomic E-state index is 0.192. The zero-order valence-electron chi connectivity index (χ0n) is 8.68. The Bertz CT molecular complexity index is 531. The van der Waals surface area contributed by atoms with Crippen molar-refractivity contribution in [3.8, 4) is 0 Å². The molecule has 1 atom stereocenters. The maximum atomic E-state index is 14.1. The highest BCUT2D eigenvalue weighted by molar-refractivity contribution is 5.84. The quantitative estimate of drug-likeness (QED) is 0.786. The summed E-state index contributed by atoms with van der Waals surface area (Å²) in [6.45, 7) is -1.14. The summed E-state index contributed by atoms with van der Waals surface area (Å²) in [5.74, 6) is 0. The zero-order valence-corrected chi connectivity index (χ0v) is 8.68. The summed E-state index contributed by atoms with van der Waals surface area (Å²) in [5.41, 5.74) is 1.42. The van der Waals surface area contributed by atoms with Crippen LogP contribution in [0.2, 0.25) is 0 Å². The van der Waals surface area contributed by atoms with E-state index in [1.807, 2.05) is 0 Å². The molecule has 0 aliphatic rings. The van der Waals surface area contributed by atoms with Gasteiger partial charge in [0.15, 0.2) is 0 Å². The van der Waals surface area contributed by atoms with Crippen LogP contribution in [-0.2, 0) is 5.67 Å². The Morgan fingerprint density at radius 3 is 2.35 bits per heavy atom. The molecule has 0 saturated carbocycles. The summed E-state index contributed by atoms with van der Waals surface area (Å²) in [5, 5.41) is 0.192. The van der Waals surface area contributed by atoms with Gasteiger partial charge in [-0.05, 0) is 6.07 Å². The van der Waals surface area contributed by atoms with Crippen LogP contribution in [0.15, 0.2) is 30.5 Å². The van der Waals surface area contributed by atoms with Crippen molar-refractivity contribution >= 4 is 10.9 Å². The van der Waals surface area contributed by atoms with Gasteiger partial charge in [0.05, 0.1) is 0 Å². The largest absolute Gasteiger partial charge is 0.428 e. The Balaban J connectivity index is 2.66. The maximum absolute atomic E-state index is 14.1. The first kappa shape index (κ1) is 11.9. The monoisotopic (exact) mass is 246 g/mol. The number of fused-ring (bicyclic) bond motifs is 1. The molecule has 3 N–H and O–H groups in total. The van der Waals surface area contributed by atoms with E-state index in [0.29, 0.717) is 5.52 Å². The molecule has 0 saturated heterocycles. The molecule has 0 aliphatic heterocycles. The number of nitrogens with one attached hydrogen (secondary N) is 1. The Morgan fingerprint density at radius 2 is 1.76 bits per heavy atom. The van der Waals surface area contributed by atoms with Crippen molar-refractivity contribution in [3.05, 3.63) is 36.0 Å². The van der Waals surface area contributed by atoms with Crippen molar-refractivity contribution in [1.29, 1.82) is 0 Å². The first-order valence-electron chi connectivity index (χ1n) is 4.92. The zero-order chi connectivity index (χ0) is 12.7. The Labute approximate surface area is 94.4 Å². The number of aromatic amines is 1. The lowest BCUT2D eigenvalue weighted by Gasteiger charge is -2.26. The SMILES string of the molecule is NCC(F)(c1c[nH]c2ccccc12)C(F)(F)F. The number of H-pyrrole nitrogens is 1. The fourth-order valence-corrected chi connectivity index (χ4v) is 1.78. The minimum Gasteiger partial charge on any atom is -0.361 e. The molecule has 1 heterocycles. The molecule has 1 unspecified atom stereocenters. The second-order valence-electron chi connectivity index (χ2n) is 3.75. The molecular weight excluding hydrogens is 236 g/mol. The molecule has 0 amide bonds. The van der Waals surface area contributed by atoms with E-state index in [4.69, 9.17) is 5.73 Å². The second-order valence-corrected chi connectivity index (χ2v) is 3.75. The van der Waals surface area contributed by atoms with Crippen molar-refractivity contribution in [2.75, 3.05) is 6.54 Å². The molecule has 2 aromatic rings. The summed E-state index contributed by atoms with van der Waals surface area (Å²) in [6.07, 6.45) is -4.02. The van der Waals surface area contributed by atoms with Gasteiger partial charge in [-0.1, -0.05) is 18.2 Å². The van der Waals surface area contributed by atoms with Crippen LogP contribution in [0.5, 0.6) is 0 Å². The second kappa shape index (κ2) is 3.73. The number of hydrogen-bond donors (Lipinski definition) is 2. The molecule has 0 radical (unpaired) electrons. The van der Waals surface area contributed by atoms with E-state index in [2.05, 4.69) is 4.98 Å². The van der Waals surface area contributed by atoms with Crippen molar-refractivity contribution in [3.63, 3.8) is 0 Å². The predicted molar refractivity (Wildman–Crippen MR) is 56.2 cm³/mol. The molecule has 2 nitrogen and oxygen atoms in total. The Hall–Kier alpha value is -1.56. The standard InChI is InChI=1S/C11H10F4N2/c12-10(6-16,11(13,14)15)8-5-17-9-4-2-1-3-7(8)9/h1-5,17H,6,16H2. The van der Waals surface area contributed by atoms with Crippen LogP contribution in [0.3, 0.4) is 0 Å². The summed E-state index contributed by atoms with van der Waals surface area (Å²) < 4.78 is 52.2. The predicted octanol–water partition coefficient (Wildman–Crippen LogP) is 2.85. The van der Waals surface area contributed by atoms with Crippen molar-refractivity contribution in [2.45, 2.75) is 11.8 Å². The number of alkyl halides is 4. The van der Waals surface area contributed by atoms with Crippen molar-refractivity contribution < 1.29 is 17.6 Å². The lowest BCUT2D eigenvalue weighted by atomic mass is 9.95. The van der Waals surface area contributed by atoms with Crippen molar-refractivity contribution in [2.24, 2.45) is 5.73 Å². The van der Waals surface area contributed by atoms with E-state index in [9.17, 15) is 17.6 Å². The van der Waals surface area contributed by atoms with Crippen molar-refractivity contribution in [1.82, 2.24) is 4.98 Å². The van der Waals surface area contributed by atoms with Gasteiger partial charge < -0.3 is 10.7 Å². The highest BCUT2D eigenvalue weighted by Crippen LogP contribution is 2.44. The summed E-state index contributed by atoms with van der Waals surface area (Å²) >= 11 is 0. The van der Waals surface area contributed by atoms with Gasteiger partial charge in [-0.15, -0.1) is 0 Å². The van der Waals surface area contributed by atoms with E-state index in [1.165, 1.54) is 6.07 Å². The highest BCUT2D eigenvalue weighted by Gasteiger charge is 2.57. The summed E-state index contributed by atoms with van der Waals surface area (Å²) in [7, 11) is 0. The van der Waals surface area contributed by atoms with Crippen LogP contribution in [0.25, 0.3) is 10.9 Å². The number of benzene rings is 1. The van der Waals surface area contributed by atoms with E-state index >= 15 is 0 Å². The number of hydrogen-bond acceptors (Lipinski definition) is 1. The van der Waals surface area contributed by atoms with Gasteiger partial charge in [0.25, 0.3) is 0 Å². The average molecular weight is 246 g/mol. The van der Waals surface area contributed by atoms with E-state index in [-0.39, 0.29) is 5.39 Å².